The van der Waals surface area contributed by atoms with Gasteiger partial charge in [0.1, 0.15) is 10.6 Å². The van der Waals surface area contributed by atoms with E-state index < -0.39 is 14.4 Å². The number of rotatable bonds is 6. The van der Waals surface area contributed by atoms with Crippen molar-refractivity contribution in [2.75, 3.05) is 13.7 Å². The van der Waals surface area contributed by atoms with E-state index in [1.54, 1.807) is 7.05 Å². The number of hydrogen-bond donors (Lipinski definition) is 2. The van der Waals surface area contributed by atoms with Crippen molar-refractivity contribution >= 4 is 14.4 Å². The number of nitrogens with one attached hydrogen (secondary N) is 1. The van der Waals surface area contributed by atoms with Crippen LogP contribution in [0.3, 0.4) is 0 Å². The van der Waals surface area contributed by atoms with Gasteiger partial charge in [-0.3, -0.25) is 0 Å². The number of amides is 1. The molecule has 27 heavy (non-hydrogen) atoms. The average Bonchev–Trinajstić information content (AvgIpc) is 2.89. The molecule has 7 nitrogen and oxygen atoms in total. The molecule has 2 N–H and O–H groups in total. The lowest BCUT2D eigenvalue weighted by molar-refractivity contribution is 0.153. The van der Waals surface area contributed by atoms with E-state index >= 15 is 0 Å². The van der Waals surface area contributed by atoms with Gasteiger partial charge in [-0.05, 0) is 41.2 Å². The fourth-order valence-corrected chi connectivity index (χ4v) is 4.18. The molecule has 148 valence electrons. The molecule has 1 amide bonds. The second-order valence-electron chi connectivity index (χ2n) is 8.87. The van der Waals surface area contributed by atoms with Gasteiger partial charge >= 0.3 is 6.09 Å². The summed E-state index contributed by atoms with van der Waals surface area (Å²) in [5.41, 5.74) is 10.4. The molecule has 0 radical (unpaired) electrons. The molecule has 2 atom stereocenters. The Hall–Kier alpha value is -2.02. The van der Waals surface area contributed by atoms with Crippen molar-refractivity contribution in [2.45, 2.75) is 57.9 Å². The van der Waals surface area contributed by atoms with Crippen molar-refractivity contribution < 1.29 is 14.3 Å². The van der Waals surface area contributed by atoms with Gasteiger partial charge in [0.25, 0.3) is 0 Å². The Morgan fingerprint density at radius 1 is 1.44 bits per heavy atom. The molecule has 0 aromatic heterocycles. The van der Waals surface area contributed by atoms with E-state index in [0.29, 0.717) is 13.2 Å². The molecular weight excluding hydrogens is 360 g/mol. The van der Waals surface area contributed by atoms with E-state index in [1.807, 2.05) is 18.2 Å². The molecule has 0 bridgehead atoms. The summed E-state index contributed by atoms with van der Waals surface area (Å²) in [6.07, 6.45) is -0.143. The standard InChI is InChI=1S/C19H30N4O3Si/c1-19(2,3)27(5,6)26-12-15-10-14-9-13(11-23(4)18(24)25)7-8-16(14)17(15)21-22-20/h7-9,15,17,20H,10-12H2,1-6H3/p+1/t15-,17-/m1/s1. The fraction of sp³-hybridized carbons (Fsp3) is 0.632. The largest absolute Gasteiger partial charge is 0.465 e. The maximum absolute atomic E-state index is 11.1. The summed E-state index contributed by atoms with van der Waals surface area (Å²) >= 11 is 0. The Balaban J connectivity index is 2.19. The normalized spacial score (nSPS) is 19.3. The van der Waals surface area contributed by atoms with E-state index in [2.05, 4.69) is 43.9 Å². The molecule has 1 aromatic rings. The quantitative estimate of drug-likeness (QED) is 0.421. The maximum atomic E-state index is 11.1. The molecule has 8 heteroatoms. The molecule has 2 rings (SSSR count). The average molecular weight is 392 g/mol. The van der Waals surface area contributed by atoms with Crippen LogP contribution >= 0.6 is 0 Å². The Bertz CT molecular complexity index is 754. The smallest absolute Gasteiger partial charge is 0.407 e. The Kier molecular flexibility index (Phi) is 6.24. The van der Waals surface area contributed by atoms with Gasteiger partial charge < -0.3 is 14.4 Å². The first-order chi connectivity index (χ1) is 12.5. The predicted molar refractivity (Wildman–Crippen MR) is 106 cm³/mol. The third-order valence-electron chi connectivity index (χ3n) is 5.85. The number of carboxylic acid groups (broad SMARTS) is 1. The van der Waals surface area contributed by atoms with Gasteiger partial charge in [0.05, 0.1) is 0 Å². The zero-order valence-corrected chi connectivity index (χ0v) is 18.1. The molecule has 0 aliphatic heterocycles. The highest BCUT2D eigenvalue weighted by molar-refractivity contribution is 6.74. The van der Waals surface area contributed by atoms with Crippen molar-refractivity contribution in [1.82, 2.24) is 9.81 Å². The summed E-state index contributed by atoms with van der Waals surface area (Å²) in [4.78, 5) is 15.6. The molecule has 0 fully saturated rings. The van der Waals surface area contributed by atoms with E-state index in [1.165, 1.54) is 4.90 Å². The van der Waals surface area contributed by atoms with Gasteiger partial charge in [-0.1, -0.05) is 39.0 Å². The zero-order valence-electron chi connectivity index (χ0n) is 17.1. The number of benzene rings is 1. The second-order valence-corrected chi connectivity index (χ2v) is 13.7. The summed E-state index contributed by atoms with van der Waals surface area (Å²) in [5.74, 6) is 0.149. The second kappa shape index (κ2) is 7.92. The van der Waals surface area contributed by atoms with Crippen LogP contribution in [0.5, 0.6) is 0 Å². The molecule has 1 aliphatic carbocycles. The SMILES string of the molecule is CN(Cc1ccc2c(c1)C[C@H](CO[Si](C)(C)C(C)(C)C)[C@H]2N=[N+]=N)C(=O)O. The van der Waals surface area contributed by atoms with Crippen molar-refractivity contribution in [3.63, 3.8) is 0 Å². The summed E-state index contributed by atoms with van der Waals surface area (Å²) < 4.78 is 6.40. The van der Waals surface area contributed by atoms with Gasteiger partial charge in [0.2, 0.25) is 4.91 Å². The van der Waals surface area contributed by atoms with E-state index in [0.717, 1.165) is 23.1 Å². The van der Waals surface area contributed by atoms with E-state index in [4.69, 9.17) is 15.1 Å². The van der Waals surface area contributed by atoms with Crippen molar-refractivity contribution in [2.24, 2.45) is 11.0 Å². The van der Waals surface area contributed by atoms with Crippen LogP contribution in [0.25, 0.3) is 0 Å². The maximum Gasteiger partial charge on any atom is 0.407 e. The minimum atomic E-state index is -1.86. The van der Waals surface area contributed by atoms with Crippen LogP contribution in [0.4, 0.5) is 4.79 Å². The lowest BCUT2D eigenvalue weighted by Crippen LogP contribution is -2.42. The molecule has 0 saturated carbocycles. The molecular formula is C19H31N4O3Si+. The molecule has 1 aliphatic rings. The Labute approximate surface area is 162 Å². The zero-order chi connectivity index (χ0) is 20.4. The Morgan fingerprint density at radius 3 is 2.67 bits per heavy atom. The minimum absolute atomic E-state index is 0.138. The summed E-state index contributed by atoms with van der Waals surface area (Å²) in [6.45, 7) is 12.1. The van der Waals surface area contributed by atoms with E-state index in [-0.39, 0.29) is 17.0 Å². The molecule has 0 unspecified atom stereocenters. The number of fused-ring (bicyclic) bond motifs is 1. The van der Waals surface area contributed by atoms with Crippen LogP contribution in [-0.2, 0) is 17.4 Å². The topological polar surface area (TPSA) is 100 Å². The fourth-order valence-electron chi connectivity index (χ4n) is 3.11. The van der Waals surface area contributed by atoms with Crippen LogP contribution < -0.4 is 4.91 Å². The Morgan fingerprint density at radius 2 is 2.11 bits per heavy atom. The highest BCUT2D eigenvalue weighted by atomic mass is 28.4. The van der Waals surface area contributed by atoms with Gasteiger partial charge in [-0.25, -0.2) is 4.79 Å². The lowest BCUT2D eigenvalue weighted by atomic mass is 10.0. The number of carbonyl (C=O) groups is 1. The van der Waals surface area contributed by atoms with Crippen molar-refractivity contribution in [3.8, 4) is 0 Å². The summed E-state index contributed by atoms with van der Waals surface area (Å²) in [6, 6.07) is 5.80. The van der Waals surface area contributed by atoms with Crippen LogP contribution in [0.15, 0.2) is 23.3 Å². The minimum Gasteiger partial charge on any atom is -0.465 e. The summed E-state index contributed by atoms with van der Waals surface area (Å²) in [7, 11) is -0.307. The highest BCUT2D eigenvalue weighted by Gasteiger charge is 2.41. The van der Waals surface area contributed by atoms with Gasteiger partial charge in [-0.2, -0.15) is 0 Å². The molecule has 0 heterocycles. The first-order valence-corrected chi connectivity index (χ1v) is 12.1. The number of nitrogens with zero attached hydrogens (tertiary/aromatic N) is 3. The van der Waals surface area contributed by atoms with Crippen molar-refractivity contribution in [3.05, 3.63) is 34.9 Å². The van der Waals surface area contributed by atoms with Crippen LogP contribution in [0, 0.1) is 11.4 Å². The number of hydrogen-bond acceptors (Lipinski definition) is 4. The lowest BCUT2D eigenvalue weighted by Gasteiger charge is -2.37. The van der Waals surface area contributed by atoms with Gasteiger partial charge in [-0.15, -0.1) is 0 Å². The predicted octanol–water partition coefficient (Wildman–Crippen LogP) is 4.58. The summed E-state index contributed by atoms with van der Waals surface area (Å²) in [5, 5.41) is 13.4. The molecule has 1 aromatic carbocycles. The molecule has 0 saturated heterocycles. The monoisotopic (exact) mass is 391 g/mol. The molecule has 0 spiro atoms. The van der Waals surface area contributed by atoms with Crippen LogP contribution in [0.1, 0.15) is 43.5 Å². The highest BCUT2D eigenvalue weighted by Crippen LogP contribution is 2.42. The van der Waals surface area contributed by atoms with Crippen molar-refractivity contribution in [1.29, 1.82) is 5.53 Å². The van der Waals surface area contributed by atoms with Gasteiger partial charge in [0.15, 0.2) is 14.4 Å². The third kappa shape index (κ3) is 4.83. The van der Waals surface area contributed by atoms with Gasteiger partial charge in [0, 0.05) is 26.1 Å². The first-order valence-electron chi connectivity index (χ1n) is 9.22. The third-order valence-corrected chi connectivity index (χ3v) is 10.3. The van der Waals surface area contributed by atoms with E-state index in [9.17, 15) is 4.79 Å². The van der Waals surface area contributed by atoms with Crippen LogP contribution in [-0.4, -0.2) is 38.1 Å². The van der Waals surface area contributed by atoms with Crippen LogP contribution in [0.2, 0.25) is 18.1 Å². The first kappa shape index (κ1) is 21.3.